The van der Waals surface area contributed by atoms with Crippen molar-refractivity contribution in [3.63, 3.8) is 0 Å². The third-order valence-electron chi connectivity index (χ3n) is 4.31. The van der Waals surface area contributed by atoms with Gasteiger partial charge in [0.1, 0.15) is 5.75 Å². The molecule has 0 aromatic heterocycles. The molecule has 1 aliphatic heterocycles. The van der Waals surface area contributed by atoms with Crippen molar-refractivity contribution in [1.82, 2.24) is 10.2 Å². The number of nitrogens with one attached hydrogen (secondary N) is 1. The van der Waals surface area contributed by atoms with E-state index in [9.17, 15) is 9.59 Å². The summed E-state index contributed by atoms with van der Waals surface area (Å²) in [4.78, 5) is 25.7. The zero-order chi connectivity index (χ0) is 18.1. The molecule has 2 rings (SSSR count). The van der Waals surface area contributed by atoms with Crippen molar-refractivity contribution >= 4 is 23.4 Å². The van der Waals surface area contributed by atoms with Crippen LogP contribution in [0.5, 0.6) is 5.75 Å². The van der Waals surface area contributed by atoms with Crippen molar-refractivity contribution in [1.29, 1.82) is 0 Å². The van der Waals surface area contributed by atoms with Crippen LogP contribution >= 0.6 is 11.6 Å². The van der Waals surface area contributed by atoms with Gasteiger partial charge in [-0.15, -0.1) is 0 Å². The third kappa shape index (κ3) is 6.94. The number of ether oxygens (including phenoxy) is 1. The van der Waals surface area contributed by atoms with Gasteiger partial charge in [-0.3, -0.25) is 9.59 Å². The predicted molar refractivity (Wildman–Crippen MR) is 99.0 cm³/mol. The Bertz CT molecular complexity index is 586. The van der Waals surface area contributed by atoms with E-state index >= 15 is 0 Å². The predicted octanol–water partition coefficient (Wildman–Crippen LogP) is 3.33. The molecule has 6 heteroatoms. The number of nitrogens with zero attached hydrogens (tertiary/aromatic N) is 1. The minimum absolute atomic E-state index is 0.0390. The van der Waals surface area contributed by atoms with Crippen molar-refractivity contribution in [2.75, 3.05) is 26.2 Å². The second-order valence-corrected chi connectivity index (χ2v) is 6.84. The summed E-state index contributed by atoms with van der Waals surface area (Å²) in [6, 6.07) is 5.48. The minimum atomic E-state index is -0.0390. The first kappa shape index (κ1) is 19.6. The Balaban J connectivity index is 1.55. The van der Waals surface area contributed by atoms with Gasteiger partial charge in [-0.2, -0.15) is 0 Å². The zero-order valence-corrected chi connectivity index (χ0v) is 15.6. The second-order valence-electron chi connectivity index (χ2n) is 6.40. The summed E-state index contributed by atoms with van der Waals surface area (Å²) in [5.41, 5.74) is 0.980. The van der Waals surface area contributed by atoms with Crippen LogP contribution in [-0.4, -0.2) is 43.0 Å². The molecule has 1 heterocycles. The number of benzene rings is 1. The van der Waals surface area contributed by atoms with Gasteiger partial charge in [0.15, 0.2) is 0 Å². The highest BCUT2D eigenvalue weighted by atomic mass is 35.5. The van der Waals surface area contributed by atoms with E-state index in [2.05, 4.69) is 5.32 Å². The quantitative estimate of drug-likeness (QED) is 0.718. The van der Waals surface area contributed by atoms with Gasteiger partial charge >= 0.3 is 0 Å². The maximum Gasteiger partial charge on any atom is 0.224 e. The van der Waals surface area contributed by atoms with E-state index in [0.29, 0.717) is 37.4 Å². The molecule has 25 heavy (non-hydrogen) atoms. The van der Waals surface area contributed by atoms with Crippen LogP contribution in [0.15, 0.2) is 18.2 Å². The van der Waals surface area contributed by atoms with Gasteiger partial charge in [-0.1, -0.05) is 11.6 Å². The maximum absolute atomic E-state index is 12.0. The molecular formula is C19H27ClN2O3. The van der Waals surface area contributed by atoms with Gasteiger partial charge in [0, 0.05) is 37.5 Å². The Kier molecular flexibility index (Phi) is 8.06. The Labute approximate surface area is 154 Å². The lowest BCUT2D eigenvalue weighted by atomic mass is 10.1. The molecule has 0 saturated carbocycles. The first-order valence-electron chi connectivity index (χ1n) is 8.99. The molecule has 0 unspecified atom stereocenters. The summed E-state index contributed by atoms with van der Waals surface area (Å²) in [6.07, 6.45) is 4.79. The number of aryl methyl sites for hydroxylation is 1. The SMILES string of the molecule is Cc1cc(Cl)ccc1OCCCC(=O)NCCC(=O)N1CCCCC1. The lowest BCUT2D eigenvalue weighted by molar-refractivity contribution is -0.132. The van der Waals surface area contributed by atoms with E-state index in [1.807, 2.05) is 24.0 Å². The summed E-state index contributed by atoms with van der Waals surface area (Å²) >= 11 is 5.90. The van der Waals surface area contributed by atoms with Crippen molar-refractivity contribution < 1.29 is 14.3 Å². The normalized spacial score (nSPS) is 14.2. The summed E-state index contributed by atoms with van der Waals surface area (Å²) in [5, 5.41) is 3.49. The number of halogens is 1. The van der Waals surface area contributed by atoms with Crippen LogP contribution in [0.2, 0.25) is 5.02 Å². The van der Waals surface area contributed by atoms with E-state index in [0.717, 1.165) is 37.2 Å². The van der Waals surface area contributed by atoms with Gasteiger partial charge in [-0.25, -0.2) is 0 Å². The number of piperidine rings is 1. The molecule has 0 aliphatic carbocycles. The van der Waals surface area contributed by atoms with Crippen LogP contribution in [0, 0.1) is 6.92 Å². The van der Waals surface area contributed by atoms with Crippen LogP contribution in [-0.2, 0) is 9.59 Å². The van der Waals surface area contributed by atoms with Crippen molar-refractivity contribution in [3.8, 4) is 5.75 Å². The topological polar surface area (TPSA) is 58.6 Å². The fourth-order valence-corrected chi connectivity index (χ4v) is 3.11. The standard InChI is InChI=1S/C19H27ClN2O3/c1-15-14-16(20)7-8-17(15)25-13-5-6-18(23)21-10-9-19(24)22-11-3-2-4-12-22/h7-8,14H,2-6,9-13H2,1H3,(H,21,23). The molecule has 138 valence electrons. The summed E-state index contributed by atoms with van der Waals surface area (Å²) in [5.74, 6) is 0.890. The van der Waals surface area contributed by atoms with Crippen LogP contribution in [0.1, 0.15) is 44.1 Å². The molecule has 1 aromatic carbocycles. The van der Waals surface area contributed by atoms with E-state index in [1.54, 1.807) is 6.07 Å². The number of carbonyl (C=O) groups excluding carboxylic acids is 2. The number of carbonyl (C=O) groups is 2. The zero-order valence-electron chi connectivity index (χ0n) is 14.9. The van der Waals surface area contributed by atoms with Crippen LogP contribution in [0.4, 0.5) is 0 Å². The average molecular weight is 367 g/mol. The maximum atomic E-state index is 12.0. The molecule has 0 radical (unpaired) electrons. The Morgan fingerprint density at radius 2 is 1.96 bits per heavy atom. The first-order valence-corrected chi connectivity index (χ1v) is 9.37. The van der Waals surface area contributed by atoms with Gasteiger partial charge < -0.3 is 15.0 Å². The molecule has 2 amide bonds. The number of hydrogen-bond acceptors (Lipinski definition) is 3. The molecule has 0 atom stereocenters. The minimum Gasteiger partial charge on any atom is -0.493 e. The molecule has 5 nitrogen and oxygen atoms in total. The van der Waals surface area contributed by atoms with E-state index in [1.165, 1.54) is 6.42 Å². The lowest BCUT2D eigenvalue weighted by Gasteiger charge is -2.26. The lowest BCUT2D eigenvalue weighted by Crippen LogP contribution is -2.37. The largest absolute Gasteiger partial charge is 0.493 e. The first-order chi connectivity index (χ1) is 12.1. The van der Waals surface area contributed by atoms with E-state index in [4.69, 9.17) is 16.3 Å². The summed E-state index contributed by atoms with van der Waals surface area (Å²) in [6.45, 7) is 4.53. The number of rotatable bonds is 8. The Morgan fingerprint density at radius 1 is 1.20 bits per heavy atom. The highest BCUT2D eigenvalue weighted by Crippen LogP contribution is 2.21. The number of hydrogen-bond donors (Lipinski definition) is 1. The van der Waals surface area contributed by atoms with Crippen LogP contribution in [0.3, 0.4) is 0 Å². The van der Waals surface area contributed by atoms with Gasteiger partial charge in [-0.05, 0) is 56.4 Å². The Hall–Kier alpha value is -1.75. The summed E-state index contributed by atoms with van der Waals surface area (Å²) < 4.78 is 5.66. The molecule has 1 saturated heterocycles. The fourth-order valence-electron chi connectivity index (χ4n) is 2.89. The van der Waals surface area contributed by atoms with E-state index < -0.39 is 0 Å². The fraction of sp³-hybridized carbons (Fsp3) is 0.579. The van der Waals surface area contributed by atoms with Crippen molar-refractivity contribution in [2.24, 2.45) is 0 Å². The van der Waals surface area contributed by atoms with Crippen molar-refractivity contribution in [2.45, 2.75) is 45.4 Å². The molecule has 0 spiro atoms. The number of likely N-dealkylation sites (tertiary alicyclic amines) is 1. The average Bonchev–Trinajstić information content (AvgIpc) is 2.61. The van der Waals surface area contributed by atoms with Gasteiger partial charge in [0.2, 0.25) is 11.8 Å². The Morgan fingerprint density at radius 3 is 2.68 bits per heavy atom. The molecule has 0 bridgehead atoms. The molecule has 1 N–H and O–H groups in total. The summed E-state index contributed by atoms with van der Waals surface area (Å²) in [7, 11) is 0. The molecular weight excluding hydrogens is 340 g/mol. The van der Waals surface area contributed by atoms with Gasteiger partial charge in [0.05, 0.1) is 6.61 Å². The van der Waals surface area contributed by atoms with Gasteiger partial charge in [0.25, 0.3) is 0 Å². The molecule has 1 aliphatic rings. The van der Waals surface area contributed by atoms with Crippen LogP contribution in [0.25, 0.3) is 0 Å². The molecule has 1 aromatic rings. The smallest absolute Gasteiger partial charge is 0.224 e. The third-order valence-corrected chi connectivity index (χ3v) is 4.55. The van der Waals surface area contributed by atoms with E-state index in [-0.39, 0.29) is 11.8 Å². The number of amides is 2. The van der Waals surface area contributed by atoms with Crippen LogP contribution < -0.4 is 10.1 Å². The second kappa shape index (κ2) is 10.3. The highest BCUT2D eigenvalue weighted by molar-refractivity contribution is 6.30. The van der Waals surface area contributed by atoms with Crippen molar-refractivity contribution in [3.05, 3.63) is 28.8 Å². The monoisotopic (exact) mass is 366 g/mol. The highest BCUT2D eigenvalue weighted by Gasteiger charge is 2.16. The molecule has 1 fully saturated rings.